The van der Waals surface area contributed by atoms with Crippen molar-refractivity contribution in [1.82, 2.24) is 9.78 Å². The van der Waals surface area contributed by atoms with Crippen LogP contribution in [0.1, 0.15) is 17.0 Å². The monoisotopic (exact) mass is 284 g/mol. The highest BCUT2D eigenvalue weighted by atomic mass is 19.4. The number of alkyl halides is 3. The smallest absolute Gasteiger partial charge is 0.435 e. The van der Waals surface area contributed by atoms with Crippen LogP contribution >= 0.6 is 0 Å². The summed E-state index contributed by atoms with van der Waals surface area (Å²) in [6, 6.07) is 7.15. The first-order valence-corrected chi connectivity index (χ1v) is 5.72. The lowest BCUT2D eigenvalue weighted by molar-refractivity contribution is -0.141. The van der Waals surface area contributed by atoms with Gasteiger partial charge in [0.05, 0.1) is 12.1 Å². The van der Waals surface area contributed by atoms with E-state index in [9.17, 15) is 18.0 Å². The van der Waals surface area contributed by atoms with E-state index < -0.39 is 17.8 Å². The number of nitrogens with zero attached hydrogens (tertiary/aromatic N) is 2. The van der Waals surface area contributed by atoms with Gasteiger partial charge in [-0.2, -0.15) is 18.3 Å². The quantitative estimate of drug-likeness (QED) is 0.943. The number of carboxylic acids is 1. The number of aryl methyl sites for hydroxylation is 1. The number of carboxylic acid groups (broad SMARTS) is 1. The van der Waals surface area contributed by atoms with Crippen molar-refractivity contribution >= 4 is 5.97 Å². The van der Waals surface area contributed by atoms with Crippen LogP contribution in [0.5, 0.6) is 0 Å². The third-order valence-electron chi connectivity index (χ3n) is 2.71. The summed E-state index contributed by atoms with van der Waals surface area (Å²) in [5, 5.41) is 12.2. The standard InChI is InChI=1S/C13H11F3N2O2/c1-8-6-11(13(14,15)16)17-18(8)10-4-2-9(3-5-10)7-12(19)20/h2-6H,7H2,1H3,(H,19,20). The molecular formula is C13H11F3N2O2. The van der Waals surface area contributed by atoms with Crippen molar-refractivity contribution in [2.75, 3.05) is 0 Å². The van der Waals surface area contributed by atoms with E-state index in [1.54, 1.807) is 24.3 Å². The van der Waals surface area contributed by atoms with Gasteiger partial charge in [0.25, 0.3) is 0 Å². The van der Waals surface area contributed by atoms with Crippen molar-refractivity contribution in [3.05, 3.63) is 47.3 Å². The normalized spacial score (nSPS) is 11.6. The molecule has 0 saturated carbocycles. The number of benzene rings is 1. The van der Waals surface area contributed by atoms with Gasteiger partial charge in [-0.05, 0) is 30.7 Å². The van der Waals surface area contributed by atoms with Crippen LogP contribution in [0.3, 0.4) is 0 Å². The van der Waals surface area contributed by atoms with Crippen LogP contribution in [0, 0.1) is 6.92 Å². The topological polar surface area (TPSA) is 55.1 Å². The first-order valence-electron chi connectivity index (χ1n) is 5.72. The van der Waals surface area contributed by atoms with Crippen molar-refractivity contribution < 1.29 is 23.1 Å². The molecule has 0 saturated heterocycles. The van der Waals surface area contributed by atoms with Gasteiger partial charge in [0.15, 0.2) is 5.69 Å². The van der Waals surface area contributed by atoms with Gasteiger partial charge in [-0.15, -0.1) is 0 Å². The molecule has 0 bridgehead atoms. The largest absolute Gasteiger partial charge is 0.481 e. The lowest BCUT2D eigenvalue weighted by Gasteiger charge is -2.05. The number of hydrogen-bond acceptors (Lipinski definition) is 2. The van der Waals surface area contributed by atoms with Crippen molar-refractivity contribution in [2.24, 2.45) is 0 Å². The SMILES string of the molecule is Cc1cc(C(F)(F)F)nn1-c1ccc(CC(=O)O)cc1. The molecule has 0 spiro atoms. The predicted molar refractivity (Wildman–Crippen MR) is 64.6 cm³/mol. The average Bonchev–Trinajstić information content (AvgIpc) is 2.71. The van der Waals surface area contributed by atoms with E-state index in [2.05, 4.69) is 5.10 Å². The Morgan fingerprint density at radius 2 is 1.90 bits per heavy atom. The van der Waals surface area contributed by atoms with Gasteiger partial charge in [-0.25, -0.2) is 4.68 Å². The number of halogens is 3. The Bertz CT molecular complexity index is 630. The minimum atomic E-state index is -4.49. The molecule has 0 fully saturated rings. The van der Waals surface area contributed by atoms with Crippen molar-refractivity contribution in [3.8, 4) is 5.69 Å². The maximum absolute atomic E-state index is 12.6. The van der Waals surface area contributed by atoms with Gasteiger partial charge in [0.1, 0.15) is 0 Å². The summed E-state index contributed by atoms with van der Waals surface area (Å²) in [6.45, 7) is 1.52. The zero-order valence-electron chi connectivity index (χ0n) is 10.5. The average molecular weight is 284 g/mol. The molecule has 1 aromatic heterocycles. The molecule has 0 atom stereocenters. The van der Waals surface area contributed by atoms with Gasteiger partial charge < -0.3 is 5.11 Å². The molecule has 1 aromatic carbocycles. The van der Waals surface area contributed by atoms with Crippen LogP contribution < -0.4 is 0 Å². The predicted octanol–water partition coefficient (Wildman–Crippen LogP) is 2.83. The molecule has 4 nitrogen and oxygen atoms in total. The van der Waals surface area contributed by atoms with Gasteiger partial charge in [-0.1, -0.05) is 12.1 Å². The third-order valence-corrected chi connectivity index (χ3v) is 2.71. The molecule has 7 heteroatoms. The van der Waals surface area contributed by atoms with Crippen LogP contribution in [-0.4, -0.2) is 20.9 Å². The molecule has 106 valence electrons. The van der Waals surface area contributed by atoms with Crippen LogP contribution in [-0.2, 0) is 17.4 Å². The third kappa shape index (κ3) is 2.98. The highest BCUT2D eigenvalue weighted by Gasteiger charge is 2.34. The lowest BCUT2D eigenvalue weighted by Crippen LogP contribution is -2.07. The minimum absolute atomic E-state index is 0.133. The van der Waals surface area contributed by atoms with Crippen LogP contribution in [0.4, 0.5) is 13.2 Å². The van der Waals surface area contributed by atoms with Crippen LogP contribution in [0.15, 0.2) is 30.3 Å². The first kappa shape index (κ1) is 14.1. The molecule has 2 rings (SSSR count). The maximum atomic E-state index is 12.6. The van der Waals surface area contributed by atoms with Gasteiger partial charge in [0, 0.05) is 5.69 Å². The highest BCUT2D eigenvalue weighted by molar-refractivity contribution is 5.70. The second kappa shape index (κ2) is 4.99. The van der Waals surface area contributed by atoms with E-state index in [4.69, 9.17) is 5.11 Å². The fraction of sp³-hybridized carbons (Fsp3) is 0.231. The molecule has 1 N–H and O–H groups in total. The number of rotatable bonds is 3. The first-order chi connectivity index (χ1) is 9.27. The number of aromatic nitrogens is 2. The summed E-state index contributed by atoms with van der Waals surface area (Å²) in [5.41, 5.74) is 0.419. The fourth-order valence-corrected chi connectivity index (χ4v) is 1.80. The number of carbonyl (C=O) groups is 1. The van der Waals surface area contributed by atoms with Gasteiger partial charge >= 0.3 is 12.1 Å². The Labute approximate surface area is 112 Å². The summed E-state index contributed by atoms with van der Waals surface area (Å²) in [6.07, 6.45) is -4.62. The van der Waals surface area contributed by atoms with E-state index >= 15 is 0 Å². The molecule has 0 unspecified atom stereocenters. The Kier molecular flexibility index (Phi) is 3.52. The summed E-state index contributed by atoms with van der Waals surface area (Å²) in [4.78, 5) is 10.5. The van der Waals surface area contributed by atoms with Crippen molar-refractivity contribution in [2.45, 2.75) is 19.5 Å². The maximum Gasteiger partial charge on any atom is 0.435 e. The number of hydrogen-bond donors (Lipinski definition) is 1. The Morgan fingerprint density at radius 3 is 2.35 bits per heavy atom. The molecule has 1 heterocycles. The van der Waals surface area contributed by atoms with E-state index in [0.29, 0.717) is 16.9 Å². The molecule has 20 heavy (non-hydrogen) atoms. The van der Waals surface area contributed by atoms with E-state index in [-0.39, 0.29) is 6.42 Å². The molecule has 0 aliphatic heterocycles. The second-order valence-corrected chi connectivity index (χ2v) is 4.32. The van der Waals surface area contributed by atoms with E-state index in [0.717, 1.165) is 6.07 Å². The number of aliphatic carboxylic acids is 1. The Morgan fingerprint density at radius 1 is 1.30 bits per heavy atom. The van der Waals surface area contributed by atoms with Crippen LogP contribution in [0.25, 0.3) is 5.69 Å². The van der Waals surface area contributed by atoms with Gasteiger partial charge in [0.2, 0.25) is 0 Å². The Balaban J connectivity index is 2.32. The summed E-state index contributed by atoms with van der Waals surface area (Å²) in [5.74, 6) is -0.965. The fourth-order valence-electron chi connectivity index (χ4n) is 1.80. The van der Waals surface area contributed by atoms with Gasteiger partial charge in [-0.3, -0.25) is 4.79 Å². The Hall–Kier alpha value is -2.31. The van der Waals surface area contributed by atoms with E-state index in [1.165, 1.54) is 11.6 Å². The molecule has 0 aliphatic carbocycles. The molecule has 0 radical (unpaired) electrons. The molecule has 2 aromatic rings. The zero-order chi connectivity index (χ0) is 14.9. The molecule has 0 amide bonds. The van der Waals surface area contributed by atoms with Crippen LogP contribution in [0.2, 0.25) is 0 Å². The van der Waals surface area contributed by atoms with Crippen molar-refractivity contribution in [3.63, 3.8) is 0 Å². The lowest BCUT2D eigenvalue weighted by atomic mass is 10.1. The molecular weight excluding hydrogens is 273 g/mol. The summed E-state index contributed by atoms with van der Waals surface area (Å²) in [7, 11) is 0. The minimum Gasteiger partial charge on any atom is -0.481 e. The second-order valence-electron chi connectivity index (χ2n) is 4.32. The zero-order valence-corrected chi connectivity index (χ0v) is 10.5. The highest BCUT2D eigenvalue weighted by Crippen LogP contribution is 2.29. The van der Waals surface area contributed by atoms with E-state index in [1.807, 2.05) is 0 Å². The summed E-state index contributed by atoms with van der Waals surface area (Å²) < 4.78 is 38.9. The molecule has 0 aliphatic rings. The van der Waals surface area contributed by atoms with Crippen molar-refractivity contribution in [1.29, 1.82) is 0 Å². The summed E-state index contributed by atoms with van der Waals surface area (Å²) >= 11 is 0.